The molecule has 86 valence electrons. The highest BCUT2D eigenvalue weighted by molar-refractivity contribution is 5.81. The monoisotopic (exact) mass is 221 g/mol. The van der Waals surface area contributed by atoms with Gasteiger partial charge in [-0.3, -0.25) is 4.79 Å². The first-order valence-electron chi connectivity index (χ1n) is 5.74. The van der Waals surface area contributed by atoms with Crippen molar-refractivity contribution in [2.24, 2.45) is 0 Å². The molecule has 1 fully saturated rings. The van der Waals surface area contributed by atoms with Crippen molar-refractivity contribution < 1.29 is 9.18 Å². The van der Waals surface area contributed by atoms with E-state index in [1.165, 1.54) is 0 Å². The Balaban J connectivity index is 1.79. The van der Waals surface area contributed by atoms with Crippen LogP contribution in [-0.2, 0) is 11.2 Å². The first-order valence-corrected chi connectivity index (χ1v) is 5.74. The summed E-state index contributed by atoms with van der Waals surface area (Å²) in [5.41, 5.74) is 1.08. The Hall–Kier alpha value is -1.38. The smallest absolute Gasteiger partial charge is 0.257 e. The molecule has 1 aliphatic rings. The number of carbonyl (C=O) groups is 1. The van der Waals surface area contributed by atoms with Crippen molar-refractivity contribution in [3.05, 3.63) is 35.9 Å². The summed E-state index contributed by atoms with van der Waals surface area (Å²) in [5, 5.41) is 0. The predicted molar refractivity (Wildman–Crippen MR) is 60.9 cm³/mol. The third-order valence-corrected chi connectivity index (χ3v) is 2.96. The van der Waals surface area contributed by atoms with Gasteiger partial charge in [0, 0.05) is 13.1 Å². The number of nitrogens with zero attached hydrogens (tertiary/aromatic N) is 1. The zero-order chi connectivity index (χ0) is 11.4. The van der Waals surface area contributed by atoms with E-state index >= 15 is 0 Å². The minimum Gasteiger partial charge on any atom is -0.340 e. The summed E-state index contributed by atoms with van der Waals surface area (Å²) < 4.78 is 13.6. The van der Waals surface area contributed by atoms with E-state index in [4.69, 9.17) is 0 Å². The number of benzene rings is 1. The number of aryl methyl sites for hydroxylation is 1. The Labute approximate surface area is 95.1 Å². The minimum atomic E-state index is -1.33. The molecule has 2 rings (SSSR count). The van der Waals surface area contributed by atoms with Crippen LogP contribution in [0.4, 0.5) is 4.39 Å². The average Bonchev–Trinajstić information content (AvgIpc) is 2.25. The summed E-state index contributed by atoms with van der Waals surface area (Å²) >= 11 is 0. The molecule has 0 radical (unpaired) electrons. The largest absolute Gasteiger partial charge is 0.340 e. The first kappa shape index (κ1) is 11.1. The summed E-state index contributed by atoms with van der Waals surface area (Å²) in [6.07, 6.45) is 0.596. The minimum absolute atomic E-state index is 0.291. The molecule has 0 bridgehead atoms. The van der Waals surface area contributed by atoms with Gasteiger partial charge in [-0.05, 0) is 24.8 Å². The number of alkyl halides is 1. The molecule has 3 heteroatoms. The number of hydrogen-bond acceptors (Lipinski definition) is 1. The van der Waals surface area contributed by atoms with E-state index in [2.05, 4.69) is 0 Å². The molecule has 0 aromatic heterocycles. The van der Waals surface area contributed by atoms with Crippen molar-refractivity contribution in [1.29, 1.82) is 0 Å². The van der Waals surface area contributed by atoms with Gasteiger partial charge in [0.25, 0.3) is 5.91 Å². The van der Waals surface area contributed by atoms with Crippen LogP contribution in [0.2, 0.25) is 0 Å². The lowest BCUT2D eigenvalue weighted by Crippen LogP contribution is -2.46. The van der Waals surface area contributed by atoms with Crippen LogP contribution in [-0.4, -0.2) is 30.1 Å². The van der Waals surface area contributed by atoms with Gasteiger partial charge in [0.05, 0.1) is 0 Å². The van der Waals surface area contributed by atoms with Crippen LogP contribution in [0.3, 0.4) is 0 Å². The van der Waals surface area contributed by atoms with Crippen LogP contribution >= 0.6 is 0 Å². The van der Waals surface area contributed by atoms with E-state index in [0.29, 0.717) is 12.8 Å². The van der Waals surface area contributed by atoms with E-state index in [-0.39, 0.29) is 5.91 Å². The SMILES string of the molecule is O=C(C(F)CCc1ccccc1)N1CCC1. The topological polar surface area (TPSA) is 20.3 Å². The van der Waals surface area contributed by atoms with E-state index in [0.717, 1.165) is 25.1 Å². The molecular weight excluding hydrogens is 205 g/mol. The Morgan fingerprint density at radius 2 is 2.00 bits per heavy atom. The lowest BCUT2D eigenvalue weighted by atomic mass is 10.1. The van der Waals surface area contributed by atoms with Crippen molar-refractivity contribution in [1.82, 2.24) is 4.90 Å². The predicted octanol–water partition coefficient (Wildman–Crippen LogP) is 2.19. The molecule has 1 saturated heterocycles. The van der Waals surface area contributed by atoms with Gasteiger partial charge >= 0.3 is 0 Å². The molecule has 1 heterocycles. The molecule has 2 nitrogen and oxygen atoms in total. The molecule has 1 aliphatic heterocycles. The number of likely N-dealkylation sites (tertiary alicyclic amines) is 1. The van der Waals surface area contributed by atoms with Gasteiger partial charge in [0.2, 0.25) is 0 Å². The van der Waals surface area contributed by atoms with Gasteiger partial charge in [-0.15, -0.1) is 0 Å². The molecule has 0 N–H and O–H groups in total. The third-order valence-electron chi connectivity index (χ3n) is 2.96. The van der Waals surface area contributed by atoms with Crippen LogP contribution in [0.15, 0.2) is 30.3 Å². The summed E-state index contributed by atoms with van der Waals surface area (Å²) in [6.45, 7) is 1.45. The molecule has 1 unspecified atom stereocenters. The Morgan fingerprint density at radius 3 is 2.56 bits per heavy atom. The quantitative estimate of drug-likeness (QED) is 0.763. The Kier molecular flexibility index (Phi) is 3.54. The maximum Gasteiger partial charge on any atom is 0.257 e. The number of rotatable bonds is 4. The zero-order valence-electron chi connectivity index (χ0n) is 9.23. The summed E-state index contributed by atoms with van der Waals surface area (Å²) in [4.78, 5) is 13.1. The molecule has 1 amide bonds. The normalized spacial score (nSPS) is 16.7. The van der Waals surface area contributed by atoms with Gasteiger partial charge in [0.15, 0.2) is 6.17 Å². The fourth-order valence-corrected chi connectivity index (χ4v) is 1.80. The number of hydrogen-bond donors (Lipinski definition) is 0. The molecule has 1 aromatic carbocycles. The van der Waals surface area contributed by atoms with Crippen molar-refractivity contribution in [3.63, 3.8) is 0 Å². The van der Waals surface area contributed by atoms with Crippen LogP contribution in [0.1, 0.15) is 18.4 Å². The first-order chi connectivity index (χ1) is 7.77. The number of halogens is 1. The molecule has 0 spiro atoms. The molecule has 1 atom stereocenters. The van der Waals surface area contributed by atoms with E-state index in [9.17, 15) is 9.18 Å². The van der Waals surface area contributed by atoms with Crippen LogP contribution in [0, 0.1) is 0 Å². The van der Waals surface area contributed by atoms with E-state index in [1.807, 2.05) is 30.3 Å². The summed E-state index contributed by atoms with van der Waals surface area (Å²) in [7, 11) is 0. The Bertz CT molecular complexity index is 348. The third kappa shape index (κ3) is 2.60. The number of amides is 1. The van der Waals surface area contributed by atoms with Crippen LogP contribution < -0.4 is 0 Å². The van der Waals surface area contributed by atoms with Crippen molar-refractivity contribution in [2.75, 3.05) is 13.1 Å². The van der Waals surface area contributed by atoms with Gasteiger partial charge < -0.3 is 4.90 Å². The maximum absolute atomic E-state index is 13.6. The lowest BCUT2D eigenvalue weighted by Gasteiger charge is -2.32. The second kappa shape index (κ2) is 5.10. The fourth-order valence-electron chi connectivity index (χ4n) is 1.80. The highest BCUT2D eigenvalue weighted by Gasteiger charge is 2.27. The zero-order valence-corrected chi connectivity index (χ0v) is 9.23. The van der Waals surface area contributed by atoms with E-state index in [1.54, 1.807) is 4.90 Å². The molecule has 0 saturated carbocycles. The summed E-state index contributed by atoms with van der Waals surface area (Å²) in [6, 6.07) is 9.71. The van der Waals surface area contributed by atoms with Gasteiger partial charge in [-0.2, -0.15) is 0 Å². The molecular formula is C13H16FNO. The van der Waals surface area contributed by atoms with Crippen molar-refractivity contribution in [2.45, 2.75) is 25.4 Å². The van der Waals surface area contributed by atoms with Crippen molar-refractivity contribution in [3.8, 4) is 0 Å². The molecule has 16 heavy (non-hydrogen) atoms. The number of carbonyl (C=O) groups excluding carboxylic acids is 1. The Morgan fingerprint density at radius 1 is 1.31 bits per heavy atom. The lowest BCUT2D eigenvalue weighted by molar-refractivity contribution is -0.140. The summed E-state index contributed by atoms with van der Waals surface area (Å²) in [5.74, 6) is -0.331. The van der Waals surface area contributed by atoms with Gasteiger partial charge in [0.1, 0.15) is 0 Å². The fraction of sp³-hybridized carbons (Fsp3) is 0.462. The molecule has 0 aliphatic carbocycles. The average molecular weight is 221 g/mol. The van der Waals surface area contributed by atoms with Crippen LogP contribution in [0.25, 0.3) is 0 Å². The highest BCUT2D eigenvalue weighted by atomic mass is 19.1. The van der Waals surface area contributed by atoms with Crippen LogP contribution in [0.5, 0.6) is 0 Å². The second-order valence-electron chi connectivity index (χ2n) is 4.17. The standard InChI is InChI=1S/C13H16FNO/c14-12(13(16)15-9-4-10-15)8-7-11-5-2-1-3-6-11/h1-3,5-6,12H,4,7-10H2. The van der Waals surface area contributed by atoms with Gasteiger partial charge in [-0.25, -0.2) is 4.39 Å². The van der Waals surface area contributed by atoms with Gasteiger partial charge in [-0.1, -0.05) is 30.3 Å². The maximum atomic E-state index is 13.6. The second-order valence-corrected chi connectivity index (χ2v) is 4.17. The highest BCUT2D eigenvalue weighted by Crippen LogP contribution is 2.14. The van der Waals surface area contributed by atoms with Crippen molar-refractivity contribution >= 4 is 5.91 Å². The molecule has 1 aromatic rings. The van der Waals surface area contributed by atoms with E-state index < -0.39 is 6.17 Å².